The minimum Gasteiger partial charge on any atom is -0.347 e. The van der Waals surface area contributed by atoms with E-state index < -0.39 is 0 Å². The van der Waals surface area contributed by atoms with Gasteiger partial charge in [-0.2, -0.15) is 0 Å². The lowest BCUT2D eigenvalue weighted by molar-refractivity contribution is 0.0954. The molecule has 0 aliphatic rings. The summed E-state index contributed by atoms with van der Waals surface area (Å²) in [5.74, 6) is 0.724. The summed E-state index contributed by atoms with van der Waals surface area (Å²) in [6, 6.07) is 3.85. The normalized spacial score (nSPS) is 10.3. The Labute approximate surface area is 97.7 Å². The molecule has 0 fully saturated rings. The zero-order chi connectivity index (χ0) is 11.4. The lowest BCUT2D eigenvalue weighted by Gasteiger charge is -2.00. The highest BCUT2D eigenvalue weighted by atomic mass is 32.1. The first kappa shape index (κ1) is 10.9. The monoisotopic (exact) mass is 235 g/mol. The van der Waals surface area contributed by atoms with E-state index in [1.54, 1.807) is 12.4 Å². The van der Waals surface area contributed by atoms with Crippen LogP contribution in [0.3, 0.4) is 0 Å². The molecule has 0 radical (unpaired) electrons. The van der Waals surface area contributed by atoms with Crippen molar-refractivity contribution in [2.75, 3.05) is 0 Å². The van der Waals surface area contributed by atoms with Crippen LogP contribution in [0, 0.1) is 0 Å². The summed E-state index contributed by atoms with van der Waals surface area (Å²) in [4.78, 5) is 20.7. The van der Waals surface area contributed by atoms with E-state index in [1.165, 1.54) is 16.2 Å². The first-order valence-corrected chi connectivity index (χ1v) is 5.96. The third-order valence-electron chi connectivity index (χ3n) is 2.21. The molecule has 0 spiro atoms. The predicted octanol–water partition coefficient (Wildman–Crippen LogP) is 1.96. The molecule has 4 nitrogen and oxygen atoms in total. The quantitative estimate of drug-likeness (QED) is 0.851. The van der Waals surface area contributed by atoms with Crippen LogP contribution in [0.4, 0.5) is 0 Å². The van der Waals surface area contributed by atoms with Gasteiger partial charge in [0.25, 0.3) is 5.91 Å². The molecule has 84 valence electrons. The number of carbonyl (C=O) groups is 1. The topological polar surface area (TPSA) is 57.8 Å². The minimum absolute atomic E-state index is 0.0406. The largest absolute Gasteiger partial charge is 0.347 e. The Morgan fingerprint density at radius 1 is 1.56 bits per heavy atom. The number of nitrogens with zero attached hydrogens (tertiary/aromatic N) is 1. The van der Waals surface area contributed by atoms with Gasteiger partial charge in [-0.15, -0.1) is 11.3 Å². The third-order valence-corrected chi connectivity index (χ3v) is 3.43. The molecule has 0 aliphatic heterocycles. The Kier molecular flexibility index (Phi) is 3.36. The summed E-state index contributed by atoms with van der Waals surface area (Å²) < 4.78 is 0. The summed E-state index contributed by atoms with van der Waals surface area (Å²) in [6.07, 6.45) is 4.37. The van der Waals surface area contributed by atoms with Gasteiger partial charge in [-0.1, -0.05) is 6.92 Å². The molecule has 2 N–H and O–H groups in total. The summed E-state index contributed by atoms with van der Waals surface area (Å²) in [6.45, 7) is 2.52. The van der Waals surface area contributed by atoms with Gasteiger partial charge >= 0.3 is 0 Å². The van der Waals surface area contributed by atoms with Gasteiger partial charge in [0.2, 0.25) is 0 Å². The average molecular weight is 235 g/mol. The molecule has 0 bridgehead atoms. The van der Waals surface area contributed by atoms with Crippen LogP contribution in [-0.2, 0) is 13.0 Å². The van der Waals surface area contributed by atoms with Crippen LogP contribution >= 0.6 is 11.3 Å². The fourth-order valence-electron chi connectivity index (χ4n) is 1.34. The van der Waals surface area contributed by atoms with Crippen LogP contribution in [0.15, 0.2) is 24.5 Å². The van der Waals surface area contributed by atoms with Crippen LogP contribution in [0.5, 0.6) is 0 Å². The Hall–Kier alpha value is -1.62. The molecule has 0 saturated heterocycles. The molecule has 2 aromatic heterocycles. The van der Waals surface area contributed by atoms with Crippen LogP contribution in [-0.4, -0.2) is 15.9 Å². The molecule has 16 heavy (non-hydrogen) atoms. The Balaban J connectivity index is 1.93. The molecule has 0 aromatic carbocycles. The third kappa shape index (κ3) is 2.49. The van der Waals surface area contributed by atoms with Crippen molar-refractivity contribution < 1.29 is 4.79 Å². The lowest BCUT2D eigenvalue weighted by Crippen LogP contribution is -2.22. The fourth-order valence-corrected chi connectivity index (χ4v) is 2.20. The highest BCUT2D eigenvalue weighted by Gasteiger charge is 2.08. The maximum atomic E-state index is 11.7. The number of hydrogen-bond donors (Lipinski definition) is 2. The number of aryl methyl sites for hydroxylation is 1. The number of rotatable bonds is 4. The van der Waals surface area contributed by atoms with Crippen molar-refractivity contribution in [1.29, 1.82) is 0 Å². The highest BCUT2D eigenvalue weighted by Crippen LogP contribution is 2.16. The maximum Gasteiger partial charge on any atom is 0.261 e. The van der Waals surface area contributed by atoms with E-state index in [2.05, 4.69) is 22.2 Å². The standard InChI is InChI=1S/C11H13N3OS/c1-2-8-3-4-9(16-8)11(15)14-7-10-12-5-6-13-10/h3-6H,2,7H2,1H3,(H,12,13)(H,14,15). The second-order valence-corrected chi connectivity index (χ2v) is 4.51. The minimum atomic E-state index is -0.0406. The van der Waals surface area contributed by atoms with Gasteiger partial charge in [-0.25, -0.2) is 4.98 Å². The Morgan fingerprint density at radius 3 is 3.06 bits per heavy atom. The summed E-state index contributed by atoms with van der Waals surface area (Å²) in [5.41, 5.74) is 0. The Bertz CT molecular complexity index is 461. The van der Waals surface area contributed by atoms with E-state index in [0.29, 0.717) is 6.54 Å². The number of imidazole rings is 1. The first-order valence-electron chi connectivity index (χ1n) is 5.14. The molecule has 0 aliphatic carbocycles. The number of carbonyl (C=O) groups excluding carboxylic acids is 1. The van der Waals surface area contributed by atoms with Gasteiger partial charge in [-0.3, -0.25) is 4.79 Å². The average Bonchev–Trinajstić information content (AvgIpc) is 2.96. The van der Waals surface area contributed by atoms with E-state index in [0.717, 1.165) is 17.1 Å². The molecule has 2 aromatic rings. The van der Waals surface area contributed by atoms with Gasteiger partial charge in [0.1, 0.15) is 5.82 Å². The fraction of sp³-hybridized carbons (Fsp3) is 0.273. The maximum absolute atomic E-state index is 11.7. The van der Waals surface area contributed by atoms with Crippen LogP contribution < -0.4 is 5.32 Å². The lowest BCUT2D eigenvalue weighted by atomic mass is 10.3. The number of aromatic amines is 1. The van der Waals surface area contributed by atoms with E-state index in [-0.39, 0.29) is 5.91 Å². The van der Waals surface area contributed by atoms with Gasteiger partial charge < -0.3 is 10.3 Å². The number of thiophene rings is 1. The molecule has 2 rings (SSSR count). The zero-order valence-corrected chi connectivity index (χ0v) is 9.80. The van der Waals surface area contributed by atoms with Crippen molar-refractivity contribution in [3.63, 3.8) is 0 Å². The van der Waals surface area contributed by atoms with E-state index in [4.69, 9.17) is 0 Å². The molecule has 0 atom stereocenters. The van der Waals surface area contributed by atoms with E-state index in [1.807, 2.05) is 12.1 Å². The van der Waals surface area contributed by atoms with Crippen molar-refractivity contribution in [3.8, 4) is 0 Å². The van der Waals surface area contributed by atoms with Gasteiger partial charge in [0.05, 0.1) is 11.4 Å². The van der Waals surface area contributed by atoms with E-state index in [9.17, 15) is 4.79 Å². The summed E-state index contributed by atoms with van der Waals surface area (Å²) >= 11 is 1.54. The SMILES string of the molecule is CCc1ccc(C(=O)NCc2ncc[nH]2)s1. The van der Waals surface area contributed by atoms with Crippen LogP contribution in [0.25, 0.3) is 0 Å². The number of nitrogens with one attached hydrogen (secondary N) is 2. The molecule has 1 amide bonds. The molecular formula is C11H13N3OS. The Morgan fingerprint density at radius 2 is 2.44 bits per heavy atom. The molecule has 0 unspecified atom stereocenters. The molecule has 0 saturated carbocycles. The van der Waals surface area contributed by atoms with Crippen molar-refractivity contribution >= 4 is 17.2 Å². The summed E-state index contributed by atoms with van der Waals surface area (Å²) in [5, 5.41) is 2.82. The van der Waals surface area contributed by atoms with Gasteiger partial charge in [0, 0.05) is 17.3 Å². The number of amides is 1. The van der Waals surface area contributed by atoms with Gasteiger partial charge in [0.15, 0.2) is 0 Å². The molecule has 2 heterocycles. The molecule has 5 heteroatoms. The van der Waals surface area contributed by atoms with Crippen LogP contribution in [0.2, 0.25) is 0 Å². The van der Waals surface area contributed by atoms with Crippen molar-refractivity contribution in [3.05, 3.63) is 40.1 Å². The second kappa shape index (κ2) is 4.94. The number of hydrogen-bond acceptors (Lipinski definition) is 3. The van der Waals surface area contributed by atoms with Crippen molar-refractivity contribution in [2.24, 2.45) is 0 Å². The number of H-pyrrole nitrogens is 1. The van der Waals surface area contributed by atoms with Crippen molar-refractivity contribution in [2.45, 2.75) is 19.9 Å². The predicted molar refractivity (Wildman–Crippen MR) is 63.5 cm³/mol. The van der Waals surface area contributed by atoms with E-state index >= 15 is 0 Å². The number of aromatic nitrogens is 2. The smallest absolute Gasteiger partial charge is 0.261 e. The summed E-state index contributed by atoms with van der Waals surface area (Å²) in [7, 11) is 0. The highest BCUT2D eigenvalue weighted by molar-refractivity contribution is 7.14. The second-order valence-electron chi connectivity index (χ2n) is 3.34. The van der Waals surface area contributed by atoms with Crippen LogP contribution in [0.1, 0.15) is 27.3 Å². The van der Waals surface area contributed by atoms with Gasteiger partial charge in [-0.05, 0) is 18.6 Å². The zero-order valence-electron chi connectivity index (χ0n) is 8.99. The first-order chi connectivity index (χ1) is 7.79. The van der Waals surface area contributed by atoms with Crippen molar-refractivity contribution in [1.82, 2.24) is 15.3 Å². The molecular weight excluding hydrogens is 222 g/mol.